The number of carbonyl (C=O) groups is 1. The molecular weight excluding hydrogens is 446 g/mol. The molecule has 3 saturated heterocycles. The molecular formula is C27H36ClN5O. The second-order valence-electron chi connectivity index (χ2n) is 9.86. The first-order valence-corrected chi connectivity index (χ1v) is 13.2. The van der Waals surface area contributed by atoms with Gasteiger partial charge in [0.2, 0.25) is 0 Å². The molecule has 0 spiro atoms. The molecule has 2 N–H and O–H groups in total. The Morgan fingerprint density at radius 3 is 2.50 bits per heavy atom. The summed E-state index contributed by atoms with van der Waals surface area (Å²) in [6.45, 7) is 7.23. The summed E-state index contributed by atoms with van der Waals surface area (Å²) in [4.78, 5) is 20.1. The third kappa shape index (κ3) is 5.68. The maximum Gasteiger partial charge on any atom is 0.319 e. The number of fused-ring (bicyclic) bond motifs is 1. The van der Waals surface area contributed by atoms with Gasteiger partial charge in [0.1, 0.15) is 0 Å². The van der Waals surface area contributed by atoms with E-state index in [1.807, 2.05) is 18.2 Å². The summed E-state index contributed by atoms with van der Waals surface area (Å²) in [5.41, 5.74) is 3.13. The summed E-state index contributed by atoms with van der Waals surface area (Å²) >= 11 is 6.66. The van der Waals surface area contributed by atoms with Crippen molar-refractivity contribution in [3.8, 4) is 0 Å². The van der Waals surface area contributed by atoms with Gasteiger partial charge in [-0.05, 0) is 62.5 Å². The highest BCUT2D eigenvalue weighted by molar-refractivity contribution is 6.33. The number of rotatable bonds is 5. The molecule has 2 aromatic carbocycles. The van der Waals surface area contributed by atoms with Gasteiger partial charge in [-0.15, -0.1) is 0 Å². The summed E-state index contributed by atoms with van der Waals surface area (Å²) in [6, 6.07) is 17.1. The highest BCUT2D eigenvalue weighted by atomic mass is 35.5. The molecule has 0 bridgehead atoms. The van der Waals surface area contributed by atoms with E-state index in [4.69, 9.17) is 11.6 Å². The van der Waals surface area contributed by atoms with E-state index in [1.54, 1.807) is 0 Å². The molecule has 3 heterocycles. The molecule has 0 aliphatic carbocycles. The van der Waals surface area contributed by atoms with E-state index < -0.39 is 0 Å². The van der Waals surface area contributed by atoms with Crippen LogP contribution in [0.5, 0.6) is 0 Å². The van der Waals surface area contributed by atoms with Gasteiger partial charge in [-0.2, -0.15) is 0 Å². The van der Waals surface area contributed by atoms with Crippen LogP contribution in [-0.2, 0) is 6.54 Å². The summed E-state index contributed by atoms with van der Waals surface area (Å²) < 4.78 is 0. The van der Waals surface area contributed by atoms with Gasteiger partial charge < -0.3 is 15.5 Å². The normalized spacial score (nSPS) is 23.9. The van der Waals surface area contributed by atoms with Crippen molar-refractivity contribution in [2.75, 3.05) is 49.5 Å². The van der Waals surface area contributed by atoms with Crippen LogP contribution in [0.1, 0.15) is 37.7 Å². The van der Waals surface area contributed by atoms with Crippen molar-refractivity contribution in [3.63, 3.8) is 0 Å². The monoisotopic (exact) mass is 481 g/mol. The quantitative estimate of drug-likeness (QED) is 0.644. The van der Waals surface area contributed by atoms with Crippen molar-refractivity contribution in [1.29, 1.82) is 0 Å². The lowest BCUT2D eigenvalue weighted by Crippen LogP contribution is -2.57. The van der Waals surface area contributed by atoms with Gasteiger partial charge in [-0.25, -0.2) is 4.79 Å². The molecule has 7 heteroatoms. The molecule has 6 nitrogen and oxygen atoms in total. The summed E-state index contributed by atoms with van der Waals surface area (Å²) in [5.74, 6) is 0. The van der Waals surface area contributed by atoms with Crippen LogP contribution in [0.4, 0.5) is 16.2 Å². The van der Waals surface area contributed by atoms with E-state index in [1.165, 1.54) is 37.9 Å². The van der Waals surface area contributed by atoms with Crippen LogP contribution >= 0.6 is 11.6 Å². The number of hydrogen-bond donors (Lipinski definition) is 2. The molecule has 2 amide bonds. The first-order chi connectivity index (χ1) is 16.7. The molecule has 0 aromatic heterocycles. The Bertz CT molecular complexity index is 961. The Balaban J connectivity index is 1.13. The van der Waals surface area contributed by atoms with Crippen LogP contribution in [0.3, 0.4) is 0 Å². The lowest BCUT2D eigenvalue weighted by atomic mass is 9.89. The van der Waals surface area contributed by atoms with Crippen LogP contribution in [0.2, 0.25) is 5.02 Å². The Morgan fingerprint density at radius 1 is 0.912 bits per heavy atom. The third-order valence-corrected chi connectivity index (χ3v) is 7.88. The fourth-order valence-corrected chi connectivity index (χ4v) is 6.09. The lowest BCUT2D eigenvalue weighted by molar-refractivity contribution is 0.0815. The smallest absolute Gasteiger partial charge is 0.319 e. The SMILES string of the molecule is O=C(Nc1ccc(N2CCN(Cc3ccccc3)CC2)c(Cl)c1)NC1CCCN2CCCCC12. The van der Waals surface area contributed by atoms with Crippen LogP contribution in [0.15, 0.2) is 48.5 Å². The first-order valence-electron chi connectivity index (χ1n) is 12.8. The number of piperidine rings is 2. The van der Waals surface area contributed by atoms with Gasteiger partial charge in [-0.1, -0.05) is 48.4 Å². The van der Waals surface area contributed by atoms with E-state index in [9.17, 15) is 4.79 Å². The van der Waals surface area contributed by atoms with Gasteiger partial charge >= 0.3 is 6.03 Å². The summed E-state index contributed by atoms with van der Waals surface area (Å²) in [7, 11) is 0. The van der Waals surface area contributed by atoms with Crippen molar-refractivity contribution in [2.24, 2.45) is 0 Å². The average Bonchev–Trinajstić information content (AvgIpc) is 2.86. The van der Waals surface area contributed by atoms with E-state index >= 15 is 0 Å². The topological polar surface area (TPSA) is 50.9 Å². The minimum atomic E-state index is -0.129. The Morgan fingerprint density at radius 2 is 1.71 bits per heavy atom. The average molecular weight is 482 g/mol. The van der Waals surface area contributed by atoms with Crippen molar-refractivity contribution in [3.05, 3.63) is 59.1 Å². The van der Waals surface area contributed by atoms with Gasteiger partial charge in [0.05, 0.1) is 10.7 Å². The number of halogens is 1. The van der Waals surface area contributed by atoms with Gasteiger partial charge in [0.25, 0.3) is 0 Å². The zero-order valence-electron chi connectivity index (χ0n) is 19.9. The van der Waals surface area contributed by atoms with Gasteiger partial charge in [0, 0.05) is 50.5 Å². The zero-order chi connectivity index (χ0) is 23.3. The zero-order valence-corrected chi connectivity index (χ0v) is 20.6. The van der Waals surface area contributed by atoms with Crippen molar-refractivity contribution in [1.82, 2.24) is 15.1 Å². The van der Waals surface area contributed by atoms with Crippen LogP contribution < -0.4 is 15.5 Å². The highest BCUT2D eigenvalue weighted by Gasteiger charge is 2.33. The number of nitrogens with one attached hydrogen (secondary N) is 2. The van der Waals surface area contributed by atoms with Crippen molar-refractivity contribution < 1.29 is 4.79 Å². The maximum atomic E-state index is 12.7. The molecule has 2 aromatic rings. The molecule has 2 unspecified atom stereocenters. The van der Waals surface area contributed by atoms with E-state index in [-0.39, 0.29) is 12.1 Å². The molecule has 3 aliphatic heterocycles. The molecule has 3 fully saturated rings. The number of benzene rings is 2. The number of hydrogen-bond acceptors (Lipinski definition) is 4. The molecule has 0 saturated carbocycles. The molecule has 2 atom stereocenters. The number of carbonyl (C=O) groups excluding carboxylic acids is 1. The van der Waals surface area contributed by atoms with E-state index in [2.05, 4.69) is 55.7 Å². The fourth-order valence-electron chi connectivity index (χ4n) is 5.79. The minimum absolute atomic E-state index is 0.129. The number of urea groups is 1. The van der Waals surface area contributed by atoms with Crippen LogP contribution in [0, 0.1) is 0 Å². The molecule has 182 valence electrons. The van der Waals surface area contributed by atoms with Crippen LogP contribution in [-0.4, -0.2) is 67.2 Å². The third-order valence-electron chi connectivity index (χ3n) is 7.57. The van der Waals surface area contributed by atoms with Gasteiger partial charge in [0.15, 0.2) is 0 Å². The summed E-state index contributed by atoms with van der Waals surface area (Å²) in [5, 5.41) is 6.93. The second kappa shape index (κ2) is 11.0. The maximum absolute atomic E-state index is 12.7. The Labute approximate surface area is 208 Å². The molecule has 0 radical (unpaired) electrons. The second-order valence-corrected chi connectivity index (χ2v) is 10.3. The molecule has 3 aliphatic rings. The van der Waals surface area contributed by atoms with Crippen molar-refractivity contribution in [2.45, 2.75) is 50.7 Å². The number of piperazine rings is 1. The van der Waals surface area contributed by atoms with Crippen LogP contribution in [0.25, 0.3) is 0 Å². The number of nitrogens with zero attached hydrogens (tertiary/aromatic N) is 3. The van der Waals surface area contributed by atoms with E-state index in [0.717, 1.165) is 56.9 Å². The summed E-state index contributed by atoms with van der Waals surface area (Å²) in [6.07, 6.45) is 5.94. The molecule has 34 heavy (non-hydrogen) atoms. The lowest BCUT2D eigenvalue weighted by Gasteiger charge is -2.44. The molecule has 5 rings (SSSR count). The Hall–Kier alpha value is -2.28. The minimum Gasteiger partial charge on any atom is -0.368 e. The Kier molecular flexibility index (Phi) is 7.57. The predicted octanol–water partition coefficient (Wildman–Crippen LogP) is 4.80. The van der Waals surface area contributed by atoms with Crippen molar-refractivity contribution >= 4 is 29.0 Å². The number of anilines is 2. The highest BCUT2D eigenvalue weighted by Crippen LogP contribution is 2.30. The first kappa shape index (κ1) is 23.5. The fraction of sp³-hybridized carbons (Fsp3) is 0.519. The standard InChI is InChI=1S/C27H36ClN5O/c28-23-19-22(29-27(34)30-24-9-6-14-32-13-5-4-10-26(24)32)11-12-25(23)33-17-15-31(16-18-33)20-21-7-2-1-3-8-21/h1-3,7-8,11-12,19,24,26H,4-6,9-10,13-18,20H2,(H2,29,30,34). The predicted molar refractivity (Wildman–Crippen MR) is 140 cm³/mol. The van der Waals surface area contributed by atoms with E-state index in [0.29, 0.717) is 11.1 Å². The number of amides is 2. The van der Waals surface area contributed by atoms with Gasteiger partial charge in [-0.3, -0.25) is 9.80 Å². The largest absolute Gasteiger partial charge is 0.368 e.